The minimum Gasteiger partial charge on any atom is -0.0874 e. The van der Waals surface area contributed by atoms with Crippen molar-refractivity contribution in [3.8, 4) is 0 Å². The van der Waals surface area contributed by atoms with Crippen molar-refractivity contribution in [1.82, 2.24) is 0 Å². The van der Waals surface area contributed by atoms with Gasteiger partial charge >= 0.3 is 0 Å². The summed E-state index contributed by atoms with van der Waals surface area (Å²) >= 11 is 0. The highest BCUT2D eigenvalue weighted by Gasteiger charge is 2.12. The van der Waals surface area contributed by atoms with Crippen molar-refractivity contribution in [1.29, 1.82) is 0 Å². The van der Waals surface area contributed by atoms with Gasteiger partial charge in [-0.25, -0.2) is 0 Å². The molecule has 0 heterocycles. The lowest BCUT2D eigenvalue weighted by Crippen LogP contribution is -2.06. The first kappa shape index (κ1) is 16.6. The molecule has 0 aromatic rings. The maximum Gasteiger partial charge on any atom is -0.0132 e. The maximum atomic E-state index is 2.23. The van der Waals surface area contributed by atoms with E-state index in [1.54, 1.807) is 0 Å². The summed E-state index contributed by atoms with van der Waals surface area (Å²) in [6.45, 7) is 14.9. The van der Waals surface area contributed by atoms with E-state index < -0.39 is 0 Å². The summed E-state index contributed by atoms with van der Waals surface area (Å²) in [6, 6.07) is 0. The molecule has 0 aliphatic heterocycles. The van der Waals surface area contributed by atoms with Crippen LogP contribution in [0.2, 0.25) is 0 Å². The van der Waals surface area contributed by atoms with Gasteiger partial charge in [-0.2, -0.15) is 0 Å². The lowest BCUT2D eigenvalue weighted by molar-refractivity contribution is 0.517. The molecule has 15 heavy (non-hydrogen) atoms. The van der Waals surface area contributed by atoms with E-state index in [1.165, 1.54) is 5.57 Å². The van der Waals surface area contributed by atoms with Crippen molar-refractivity contribution in [3.05, 3.63) is 36.0 Å². The van der Waals surface area contributed by atoms with E-state index in [0.29, 0.717) is 0 Å². The molecule has 88 valence electrons. The van der Waals surface area contributed by atoms with Gasteiger partial charge in [0.1, 0.15) is 0 Å². The average Bonchev–Trinajstić information content (AvgIpc) is 2.18. The van der Waals surface area contributed by atoms with Gasteiger partial charge in [0.05, 0.1) is 0 Å². The third-order valence-corrected chi connectivity index (χ3v) is 1.86. The summed E-state index contributed by atoms with van der Waals surface area (Å²) in [7, 11) is 0. The molecular formula is C15H28. The fourth-order valence-electron chi connectivity index (χ4n) is 1.04. The number of allylic oxidation sites excluding steroid dienone is 6. The standard InChI is InChI=1S/C13H22.C2H6/c1-6-8-9-11-12(10-7-2)13(3,4)5;1-2/h7-11H,6H2,1-5H3;1-2H3/b9-8+,10-7-,12-11+;. The molecular weight excluding hydrogens is 180 g/mol. The minimum atomic E-state index is 0.241. The van der Waals surface area contributed by atoms with E-state index in [9.17, 15) is 0 Å². The van der Waals surface area contributed by atoms with Gasteiger partial charge < -0.3 is 0 Å². The fraction of sp³-hybridized carbons (Fsp3) is 0.600. The highest BCUT2D eigenvalue weighted by molar-refractivity contribution is 5.28. The molecule has 0 spiro atoms. The van der Waals surface area contributed by atoms with E-state index in [0.717, 1.165) is 6.42 Å². The van der Waals surface area contributed by atoms with E-state index in [2.05, 4.69) is 65.0 Å². The Morgan fingerprint density at radius 3 is 2.00 bits per heavy atom. The molecule has 0 aromatic carbocycles. The zero-order chi connectivity index (χ0) is 12.3. The summed E-state index contributed by atoms with van der Waals surface area (Å²) in [4.78, 5) is 0. The average molecular weight is 208 g/mol. The molecule has 0 N–H and O–H groups in total. The van der Waals surface area contributed by atoms with Crippen LogP contribution in [-0.2, 0) is 0 Å². The largest absolute Gasteiger partial charge is 0.0874 e. The first-order valence-corrected chi connectivity index (χ1v) is 6.02. The number of hydrogen-bond donors (Lipinski definition) is 0. The molecule has 0 amide bonds. The van der Waals surface area contributed by atoms with Crippen LogP contribution in [0, 0.1) is 5.41 Å². The van der Waals surface area contributed by atoms with Gasteiger partial charge in [0.15, 0.2) is 0 Å². The second-order valence-electron chi connectivity index (χ2n) is 4.21. The summed E-state index contributed by atoms with van der Waals surface area (Å²) in [5.74, 6) is 0. The Morgan fingerprint density at radius 2 is 1.67 bits per heavy atom. The van der Waals surface area contributed by atoms with Crippen LogP contribution >= 0.6 is 0 Å². The topological polar surface area (TPSA) is 0 Å². The van der Waals surface area contributed by atoms with Crippen LogP contribution < -0.4 is 0 Å². The monoisotopic (exact) mass is 208 g/mol. The maximum absolute atomic E-state index is 2.23. The molecule has 0 aliphatic carbocycles. The van der Waals surface area contributed by atoms with Crippen LogP contribution in [-0.4, -0.2) is 0 Å². The molecule has 0 heteroatoms. The minimum absolute atomic E-state index is 0.241. The number of rotatable bonds is 3. The van der Waals surface area contributed by atoms with Crippen molar-refractivity contribution in [2.75, 3.05) is 0 Å². The van der Waals surface area contributed by atoms with Crippen LogP contribution in [0.15, 0.2) is 36.0 Å². The molecule has 0 atom stereocenters. The molecule has 0 saturated heterocycles. The summed E-state index contributed by atoms with van der Waals surface area (Å²) in [5.41, 5.74) is 1.62. The van der Waals surface area contributed by atoms with Crippen LogP contribution in [0.4, 0.5) is 0 Å². The lowest BCUT2D eigenvalue weighted by Gasteiger charge is -2.19. The second kappa shape index (κ2) is 9.76. The third-order valence-electron chi connectivity index (χ3n) is 1.86. The molecule has 0 nitrogen and oxygen atoms in total. The highest BCUT2D eigenvalue weighted by atomic mass is 14.2. The number of hydrogen-bond acceptors (Lipinski definition) is 0. The van der Waals surface area contributed by atoms with Gasteiger partial charge in [0, 0.05) is 0 Å². The van der Waals surface area contributed by atoms with Gasteiger partial charge in [-0.1, -0.05) is 71.9 Å². The molecule has 0 fully saturated rings. The SMILES string of the molecule is CC.C\C=C/C(=C\C=C\CC)C(C)(C)C. The Bertz CT molecular complexity index is 209. The van der Waals surface area contributed by atoms with Crippen LogP contribution in [0.1, 0.15) is 54.9 Å². The smallest absolute Gasteiger partial charge is 0.0132 e. The van der Waals surface area contributed by atoms with Crippen LogP contribution in [0.25, 0.3) is 0 Å². The van der Waals surface area contributed by atoms with Crippen molar-refractivity contribution < 1.29 is 0 Å². The summed E-state index contributed by atoms with van der Waals surface area (Å²) in [6.07, 6.45) is 11.9. The zero-order valence-electron chi connectivity index (χ0n) is 11.6. The van der Waals surface area contributed by atoms with Crippen LogP contribution in [0.3, 0.4) is 0 Å². The lowest BCUT2D eigenvalue weighted by atomic mass is 9.86. The van der Waals surface area contributed by atoms with E-state index in [-0.39, 0.29) is 5.41 Å². The Balaban J connectivity index is 0. The van der Waals surface area contributed by atoms with Gasteiger partial charge in [-0.05, 0) is 24.3 Å². The molecule has 0 radical (unpaired) electrons. The van der Waals surface area contributed by atoms with Gasteiger partial charge in [0.25, 0.3) is 0 Å². The Morgan fingerprint density at radius 1 is 1.13 bits per heavy atom. The molecule has 0 saturated carbocycles. The zero-order valence-corrected chi connectivity index (χ0v) is 11.6. The van der Waals surface area contributed by atoms with Crippen molar-refractivity contribution in [2.45, 2.75) is 54.9 Å². The Kier molecular flexibility index (Phi) is 10.8. The molecule has 0 rings (SSSR count). The van der Waals surface area contributed by atoms with E-state index >= 15 is 0 Å². The third kappa shape index (κ3) is 9.52. The second-order valence-corrected chi connectivity index (χ2v) is 4.21. The predicted octanol–water partition coefficient (Wildman–Crippen LogP) is 5.53. The van der Waals surface area contributed by atoms with Gasteiger partial charge in [0.2, 0.25) is 0 Å². The van der Waals surface area contributed by atoms with Crippen molar-refractivity contribution >= 4 is 0 Å². The molecule has 0 aromatic heterocycles. The molecule has 0 aliphatic rings. The highest BCUT2D eigenvalue weighted by Crippen LogP contribution is 2.26. The normalized spacial score (nSPS) is 13.1. The first-order chi connectivity index (χ1) is 7.02. The van der Waals surface area contributed by atoms with Crippen LogP contribution in [0.5, 0.6) is 0 Å². The van der Waals surface area contributed by atoms with Gasteiger partial charge in [-0.15, -0.1) is 0 Å². The van der Waals surface area contributed by atoms with Gasteiger partial charge in [-0.3, -0.25) is 0 Å². The fourth-order valence-corrected chi connectivity index (χ4v) is 1.04. The predicted molar refractivity (Wildman–Crippen MR) is 73.1 cm³/mol. The summed E-state index contributed by atoms with van der Waals surface area (Å²) in [5, 5.41) is 0. The van der Waals surface area contributed by atoms with E-state index in [4.69, 9.17) is 0 Å². The molecule has 0 bridgehead atoms. The van der Waals surface area contributed by atoms with E-state index in [1.807, 2.05) is 13.8 Å². The quantitative estimate of drug-likeness (QED) is 0.535. The Hall–Kier alpha value is -0.780. The van der Waals surface area contributed by atoms with Crippen molar-refractivity contribution in [2.24, 2.45) is 5.41 Å². The van der Waals surface area contributed by atoms with Crippen molar-refractivity contribution in [3.63, 3.8) is 0 Å². The Labute approximate surface area is 96.8 Å². The first-order valence-electron chi connectivity index (χ1n) is 6.02. The summed E-state index contributed by atoms with van der Waals surface area (Å²) < 4.78 is 0. The molecule has 0 unspecified atom stereocenters.